The van der Waals surface area contributed by atoms with Crippen molar-refractivity contribution < 1.29 is 0 Å². The van der Waals surface area contributed by atoms with Crippen molar-refractivity contribution in [3.63, 3.8) is 0 Å². The lowest BCUT2D eigenvalue weighted by Crippen LogP contribution is -2.20. The van der Waals surface area contributed by atoms with Crippen LogP contribution in [-0.4, -0.2) is 0 Å². The lowest BCUT2D eigenvalue weighted by molar-refractivity contribution is 0.591. The fourth-order valence-corrected chi connectivity index (χ4v) is 9.10. The van der Waals surface area contributed by atoms with Crippen molar-refractivity contribution in [1.29, 1.82) is 0 Å². The second kappa shape index (κ2) is 11.9. The van der Waals surface area contributed by atoms with Crippen molar-refractivity contribution in [1.82, 2.24) is 0 Å². The maximum atomic E-state index is 2.49. The summed E-state index contributed by atoms with van der Waals surface area (Å²) in [7, 11) is 0. The molecule has 1 heteroatoms. The molecule has 7 aromatic carbocycles. The molecular formula is C52H47N. The molecule has 0 radical (unpaired) electrons. The van der Waals surface area contributed by atoms with Gasteiger partial charge >= 0.3 is 0 Å². The highest BCUT2D eigenvalue weighted by molar-refractivity contribution is 5.88. The number of benzene rings is 7. The van der Waals surface area contributed by atoms with Gasteiger partial charge in [-0.2, -0.15) is 0 Å². The average Bonchev–Trinajstić information content (AvgIpc) is 3.54. The van der Waals surface area contributed by atoms with Gasteiger partial charge in [-0.25, -0.2) is 0 Å². The van der Waals surface area contributed by atoms with Crippen molar-refractivity contribution in [2.45, 2.75) is 64.7 Å². The molecule has 2 aliphatic carbocycles. The van der Waals surface area contributed by atoms with E-state index in [1.807, 2.05) is 0 Å². The van der Waals surface area contributed by atoms with E-state index >= 15 is 0 Å². The summed E-state index contributed by atoms with van der Waals surface area (Å²) in [5.74, 6) is 0. The van der Waals surface area contributed by atoms with Crippen molar-refractivity contribution >= 4 is 17.1 Å². The number of hydrogen-bond donors (Lipinski definition) is 0. The Labute approximate surface area is 315 Å². The molecular weight excluding hydrogens is 639 g/mol. The molecule has 2 aliphatic rings. The van der Waals surface area contributed by atoms with Gasteiger partial charge in [-0.1, -0.05) is 164 Å². The molecule has 0 unspecified atom stereocenters. The van der Waals surface area contributed by atoms with Crippen LogP contribution in [0.4, 0.5) is 17.1 Å². The minimum absolute atomic E-state index is 0.00142. The molecule has 0 spiro atoms. The summed E-state index contributed by atoms with van der Waals surface area (Å²) in [6.07, 6.45) is 0. The van der Waals surface area contributed by atoms with Crippen LogP contribution in [0.5, 0.6) is 0 Å². The van der Waals surface area contributed by atoms with Gasteiger partial charge in [0.2, 0.25) is 0 Å². The van der Waals surface area contributed by atoms with Crippen LogP contribution in [0.15, 0.2) is 158 Å². The predicted octanol–water partition coefficient (Wildman–Crippen LogP) is 14.4. The minimum Gasteiger partial charge on any atom is -0.310 e. The van der Waals surface area contributed by atoms with Crippen LogP contribution in [-0.2, 0) is 16.2 Å². The second-order valence-corrected chi connectivity index (χ2v) is 17.1. The monoisotopic (exact) mass is 685 g/mol. The Balaban J connectivity index is 1.19. The van der Waals surface area contributed by atoms with Gasteiger partial charge in [0.15, 0.2) is 0 Å². The zero-order valence-electron chi connectivity index (χ0n) is 32.0. The first-order valence-electron chi connectivity index (χ1n) is 19.0. The molecule has 1 nitrogen and oxygen atoms in total. The number of hydrogen-bond acceptors (Lipinski definition) is 1. The molecule has 0 heterocycles. The molecule has 0 saturated carbocycles. The van der Waals surface area contributed by atoms with Crippen LogP contribution in [0, 0.1) is 0 Å². The Hall–Kier alpha value is -5.66. The molecule has 7 aromatic rings. The van der Waals surface area contributed by atoms with Gasteiger partial charge in [0.1, 0.15) is 0 Å². The highest BCUT2D eigenvalue weighted by Gasteiger charge is 2.37. The van der Waals surface area contributed by atoms with Crippen LogP contribution < -0.4 is 4.90 Å². The Bertz CT molecular complexity index is 2530. The fourth-order valence-electron chi connectivity index (χ4n) is 9.10. The quantitative estimate of drug-likeness (QED) is 0.174. The fraction of sp³-hybridized carbons (Fsp3) is 0.192. The van der Waals surface area contributed by atoms with E-state index in [1.165, 1.54) is 83.7 Å². The maximum Gasteiger partial charge on any atom is 0.0499 e. The zero-order chi connectivity index (χ0) is 36.7. The van der Waals surface area contributed by atoms with E-state index in [9.17, 15) is 0 Å². The summed E-state index contributed by atoms with van der Waals surface area (Å²) in [4.78, 5) is 2.49. The molecule has 53 heavy (non-hydrogen) atoms. The summed E-state index contributed by atoms with van der Waals surface area (Å²) in [6, 6.07) is 59.0. The third kappa shape index (κ3) is 5.28. The Morgan fingerprint density at radius 3 is 1.55 bits per heavy atom. The lowest BCUT2D eigenvalue weighted by Gasteiger charge is -2.33. The minimum atomic E-state index is -0.0982. The van der Waals surface area contributed by atoms with Gasteiger partial charge in [0, 0.05) is 27.9 Å². The third-order valence-corrected chi connectivity index (χ3v) is 12.0. The molecule has 0 fully saturated rings. The molecule has 0 N–H and O–H groups in total. The first-order chi connectivity index (χ1) is 25.4. The summed E-state index contributed by atoms with van der Waals surface area (Å²) >= 11 is 0. The topological polar surface area (TPSA) is 3.24 Å². The summed E-state index contributed by atoms with van der Waals surface area (Å²) < 4.78 is 0. The van der Waals surface area contributed by atoms with E-state index in [2.05, 4.69) is 211 Å². The standard InChI is InChI=1S/C52H47N/c1-50(2,3)48-32-37(34-15-9-8-10-16-34)24-30-49(48)53(39-27-28-42-40-17-11-13-19-44(40)52(6,7)47(42)33-39)38-25-21-35(22-26-38)36-23-29-46-43(31-36)41-18-12-14-20-45(41)51(46,4)5/h8-33H,1-7H3. The van der Waals surface area contributed by atoms with E-state index < -0.39 is 0 Å². The Kier molecular flexibility index (Phi) is 7.48. The lowest BCUT2D eigenvalue weighted by atomic mass is 9.82. The number of anilines is 3. The molecule has 260 valence electrons. The molecule has 0 aromatic heterocycles. The van der Waals surface area contributed by atoms with Crippen LogP contribution in [0.25, 0.3) is 44.5 Å². The SMILES string of the molecule is CC(C)(C)c1cc(-c2ccccc2)ccc1N(c1ccc(-c2ccc3c(c2)-c2ccccc2C3(C)C)cc1)c1ccc2c(c1)C(C)(C)c1ccccc1-2. The van der Waals surface area contributed by atoms with Crippen LogP contribution >= 0.6 is 0 Å². The van der Waals surface area contributed by atoms with Gasteiger partial charge < -0.3 is 4.90 Å². The molecule has 9 rings (SSSR count). The molecule has 0 aliphatic heterocycles. The second-order valence-electron chi connectivity index (χ2n) is 17.1. The average molecular weight is 686 g/mol. The smallest absolute Gasteiger partial charge is 0.0499 e. The van der Waals surface area contributed by atoms with E-state index in [1.54, 1.807) is 0 Å². The molecule has 0 amide bonds. The Morgan fingerprint density at radius 2 is 0.868 bits per heavy atom. The normalized spacial score (nSPS) is 14.6. The molecule has 0 bridgehead atoms. The maximum absolute atomic E-state index is 2.49. The van der Waals surface area contributed by atoms with Crippen LogP contribution in [0.3, 0.4) is 0 Å². The van der Waals surface area contributed by atoms with Crippen molar-refractivity contribution in [2.75, 3.05) is 4.90 Å². The zero-order valence-corrected chi connectivity index (χ0v) is 32.0. The van der Waals surface area contributed by atoms with E-state index in [0.717, 1.165) is 5.69 Å². The first-order valence-corrected chi connectivity index (χ1v) is 19.0. The van der Waals surface area contributed by atoms with Crippen molar-refractivity contribution in [3.8, 4) is 44.5 Å². The van der Waals surface area contributed by atoms with Crippen LogP contribution in [0.1, 0.15) is 76.3 Å². The highest BCUT2D eigenvalue weighted by atomic mass is 15.1. The van der Waals surface area contributed by atoms with E-state index in [-0.39, 0.29) is 16.2 Å². The van der Waals surface area contributed by atoms with Gasteiger partial charge in [-0.15, -0.1) is 0 Å². The van der Waals surface area contributed by atoms with Gasteiger partial charge in [0.05, 0.1) is 0 Å². The van der Waals surface area contributed by atoms with Gasteiger partial charge in [-0.3, -0.25) is 0 Å². The van der Waals surface area contributed by atoms with Gasteiger partial charge in [-0.05, 0) is 120 Å². The van der Waals surface area contributed by atoms with E-state index in [0.29, 0.717) is 0 Å². The summed E-state index contributed by atoms with van der Waals surface area (Å²) in [6.45, 7) is 16.4. The molecule has 0 saturated heterocycles. The highest BCUT2D eigenvalue weighted by Crippen LogP contribution is 2.52. The largest absolute Gasteiger partial charge is 0.310 e. The first kappa shape index (κ1) is 33.2. The van der Waals surface area contributed by atoms with E-state index in [4.69, 9.17) is 0 Å². The van der Waals surface area contributed by atoms with Crippen molar-refractivity contribution in [2.24, 2.45) is 0 Å². The number of nitrogens with zero attached hydrogens (tertiary/aromatic N) is 1. The summed E-state index contributed by atoms with van der Waals surface area (Å²) in [5, 5.41) is 0. The summed E-state index contributed by atoms with van der Waals surface area (Å²) in [5.41, 5.74) is 20.5. The number of rotatable bonds is 5. The molecule has 0 atom stereocenters. The van der Waals surface area contributed by atoms with Gasteiger partial charge in [0.25, 0.3) is 0 Å². The Morgan fingerprint density at radius 1 is 0.377 bits per heavy atom. The predicted molar refractivity (Wildman–Crippen MR) is 226 cm³/mol. The van der Waals surface area contributed by atoms with Crippen molar-refractivity contribution in [3.05, 3.63) is 186 Å². The van der Waals surface area contributed by atoms with Crippen LogP contribution in [0.2, 0.25) is 0 Å². The third-order valence-electron chi connectivity index (χ3n) is 12.0. The number of fused-ring (bicyclic) bond motifs is 6.